The minimum atomic E-state index is 0.290. The molecule has 1 saturated heterocycles. The number of terminal acetylenes is 1. The Morgan fingerprint density at radius 3 is 2.85 bits per heavy atom. The Labute approximate surface area is 77.1 Å². The molecule has 0 atom stereocenters. The van der Waals surface area contributed by atoms with Crippen LogP contribution in [0.3, 0.4) is 0 Å². The number of nitrogens with one attached hydrogen (secondary N) is 1. The van der Waals surface area contributed by atoms with Gasteiger partial charge in [0.05, 0.1) is 6.20 Å². The summed E-state index contributed by atoms with van der Waals surface area (Å²) in [6.07, 6.45) is 7.13. The van der Waals surface area contributed by atoms with Crippen LogP contribution in [0.5, 0.6) is 5.75 Å². The molecule has 0 radical (unpaired) electrons. The lowest BCUT2D eigenvalue weighted by molar-refractivity contribution is 0.141. The van der Waals surface area contributed by atoms with Gasteiger partial charge < -0.3 is 10.1 Å². The van der Waals surface area contributed by atoms with Gasteiger partial charge in [0, 0.05) is 13.1 Å². The lowest BCUT2D eigenvalue weighted by Gasteiger charge is -2.27. The van der Waals surface area contributed by atoms with E-state index >= 15 is 0 Å². The molecule has 3 heteroatoms. The molecule has 2 rings (SSSR count). The molecule has 1 aliphatic heterocycles. The summed E-state index contributed by atoms with van der Waals surface area (Å²) in [6, 6.07) is 3.63. The lowest BCUT2D eigenvalue weighted by Crippen LogP contribution is -2.50. The topological polar surface area (TPSA) is 34.1 Å². The zero-order valence-electron chi connectivity index (χ0n) is 7.16. The number of aromatic nitrogens is 1. The average molecular weight is 174 g/mol. The van der Waals surface area contributed by atoms with E-state index in [1.165, 1.54) is 0 Å². The molecule has 0 saturated carbocycles. The number of hydrogen-bond acceptors (Lipinski definition) is 3. The van der Waals surface area contributed by atoms with Crippen LogP contribution in [0, 0.1) is 12.3 Å². The fourth-order valence-electron chi connectivity index (χ4n) is 1.07. The Kier molecular flexibility index (Phi) is 2.15. The molecule has 0 spiro atoms. The lowest BCUT2D eigenvalue weighted by atomic mass is 10.2. The molecule has 0 amide bonds. The Hall–Kier alpha value is -1.53. The molecular weight excluding hydrogens is 164 g/mol. The van der Waals surface area contributed by atoms with E-state index in [9.17, 15) is 0 Å². The van der Waals surface area contributed by atoms with Crippen LogP contribution >= 0.6 is 0 Å². The SMILES string of the molecule is C#Cc1ccc(OC2CNC2)cn1. The van der Waals surface area contributed by atoms with Crippen molar-refractivity contribution < 1.29 is 4.74 Å². The van der Waals surface area contributed by atoms with Crippen molar-refractivity contribution >= 4 is 0 Å². The molecule has 0 aliphatic carbocycles. The number of rotatable bonds is 2. The molecule has 1 aliphatic rings. The summed E-state index contributed by atoms with van der Waals surface area (Å²) in [6.45, 7) is 1.83. The third kappa shape index (κ3) is 1.79. The third-order valence-electron chi connectivity index (χ3n) is 1.93. The Morgan fingerprint density at radius 2 is 2.38 bits per heavy atom. The van der Waals surface area contributed by atoms with Crippen LogP contribution in [-0.2, 0) is 0 Å². The van der Waals surface area contributed by atoms with Gasteiger partial charge in [0.1, 0.15) is 17.5 Å². The van der Waals surface area contributed by atoms with E-state index in [0.29, 0.717) is 11.8 Å². The van der Waals surface area contributed by atoms with Gasteiger partial charge in [-0.25, -0.2) is 4.98 Å². The summed E-state index contributed by atoms with van der Waals surface area (Å²) in [4.78, 5) is 4.03. The molecule has 66 valence electrons. The monoisotopic (exact) mass is 174 g/mol. The molecule has 3 nitrogen and oxygen atoms in total. The Morgan fingerprint density at radius 1 is 1.54 bits per heavy atom. The van der Waals surface area contributed by atoms with Gasteiger partial charge in [-0.1, -0.05) is 5.92 Å². The first kappa shape index (κ1) is 8.09. The Bertz CT molecular complexity index is 322. The van der Waals surface area contributed by atoms with Crippen LogP contribution in [-0.4, -0.2) is 24.2 Å². The van der Waals surface area contributed by atoms with Gasteiger partial charge in [0.15, 0.2) is 0 Å². The van der Waals surface area contributed by atoms with Crippen molar-refractivity contribution in [3.05, 3.63) is 24.0 Å². The second-order valence-electron chi connectivity index (χ2n) is 2.92. The number of hydrogen-bond donors (Lipinski definition) is 1. The van der Waals surface area contributed by atoms with Crippen LogP contribution < -0.4 is 10.1 Å². The predicted molar refractivity (Wildman–Crippen MR) is 49.5 cm³/mol. The van der Waals surface area contributed by atoms with Gasteiger partial charge >= 0.3 is 0 Å². The molecule has 0 aromatic carbocycles. The van der Waals surface area contributed by atoms with Crippen LogP contribution in [0.15, 0.2) is 18.3 Å². The van der Waals surface area contributed by atoms with Crippen molar-refractivity contribution in [3.63, 3.8) is 0 Å². The van der Waals surface area contributed by atoms with Gasteiger partial charge in [0.25, 0.3) is 0 Å². The average Bonchev–Trinajstić information content (AvgIpc) is 2.12. The maximum absolute atomic E-state index is 5.56. The quantitative estimate of drug-likeness (QED) is 0.659. The molecule has 13 heavy (non-hydrogen) atoms. The van der Waals surface area contributed by atoms with E-state index in [0.717, 1.165) is 18.8 Å². The van der Waals surface area contributed by atoms with Crippen molar-refractivity contribution in [3.8, 4) is 18.1 Å². The van der Waals surface area contributed by atoms with E-state index in [1.807, 2.05) is 6.07 Å². The van der Waals surface area contributed by atoms with E-state index in [4.69, 9.17) is 11.2 Å². The maximum Gasteiger partial charge on any atom is 0.138 e. The fourth-order valence-corrected chi connectivity index (χ4v) is 1.07. The second kappa shape index (κ2) is 3.46. The fraction of sp³-hybridized carbons (Fsp3) is 0.300. The van der Waals surface area contributed by atoms with Crippen LogP contribution in [0.2, 0.25) is 0 Å². The van der Waals surface area contributed by atoms with Crippen LogP contribution in [0.1, 0.15) is 5.69 Å². The zero-order valence-corrected chi connectivity index (χ0v) is 7.16. The highest BCUT2D eigenvalue weighted by Crippen LogP contribution is 2.12. The predicted octanol–water partition coefficient (Wildman–Crippen LogP) is 0.414. The van der Waals surface area contributed by atoms with Crippen molar-refractivity contribution in [1.29, 1.82) is 0 Å². The number of nitrogens with zero attached hydrogens (tertiary/aromatic N) is 1. The second-order valence-corrected chi connectivity index (χ2v) is 2.92. The van der Waals surface area contributed by atoms with E-state index < -0.39 is 0 Å². The van der Waals surface area contributed by atoms with E-state index in [-0.39, 0.29) is 0 Å². The highest BCUT2D eigenvalue weighted by molar-refractivity contribution is 5.29. The molecule has 0 unspecified atom stereocenters. The normalized spacial score (nSPS) is 15.9. The third-order valence-corrected chi connectivity index (χ3v) is 1.93. The summed E-state index contributed by atoms with van der Waals surface area (Å²) in [5, 5.41) is 3.13. The highest BCUT2D eigenvalue weighted by Gasteiger charge is 2.17. The van der Waals surface area contributed by atoms with Crippen molar-refractivity contribution in [2.24, 2.45) is 0 Å². The van der Waals surface area contributed by atoms with Gasteiger partial charge in [0.2, 0.25) is 0 Å². The standard InChI is InChI=1S/C10H10N2O/c1-2-8-3-4-9(7-12-8)13-10-5-11-6-10/h1,3-4,7,10-11H,5-6H2. The maximum atomic E-state index is 5.56. The smallest absolute Gasteiger partial charge is 0.138 e. The molecular formula is C10H10N2O. The first-order chi connectivity index (χ1) is 6.38. The minimum Gasteiger partial charge on any atom is -0.486 e. The van der Waals surface area contributed by atoms with Gasteiger partial charge in [-0.05, 0) is 12.1 Å². The van der Waals surface area contributed by atoms with Crippen molar-refractivity contribution in [2.75, 3.05) is 13.1 Å². The number of pyridine rings is 1. The summed E-state index contributed by atoms with van der Waals surface area (Å²) >= 11 is 0. The van der Waals surface area contributed by atoms with Gasteiger partial charge in [-0.15, -0.1) is 6.42 Å². The summed E-state index contributed by atoms with van der Waals surface area (Å²) in [5.74, 6) is 3.24. The van der Waals surface area contributed by atoms with Crippen molar-refractivity contribution in [2.45, 2.75) is 6.10 Å². The first-order valence-corrected chi connectivity index (χ1v) is 4.18. The molecule has 0 bridgehead atoms. The van der Waals surface area contributed by atoms with Gasteiger partial charge in [-0.3, -0.25) is 0 Å². The first-order valence-electron chi connectivity index (χ1n) is 4.18. The largest absolute Gasteiger partial charge is 0.486 e. The van der Waals surface area contributed by atoms with Gasteiger partial charge in [-0.2, -0.15) is 0 Å². The molecule has 2 heterocycles. The minimum absolute atomic E-state index is 0.290. The summed E-state index contributed by atoms with van der Waals surface area (Å²) in [5.41, 5.74) is 0.638. The highest BCUT2D eigenvalue weighted by atomic mass is 16.5. The van der Waals surface area contributed by atoms with E-state index in [1.54, 1.807) is 12.3 Å². The molecule has 1 fully saturated rings. The summed E-state index contributed by atoms with van der Waals surface area (Å²) < 4.78 is 5.56. The number of ether oxygens (including phenoxy) is 1. The molecule has 1 N–H and O–H groups in total. The molecule has 1 aromatic heterocycles. The zero-order chi connectivity index (χ0) is 9.10. The molecule has 1 aromatic rings. The van der Waals surface area contributed by atoms with Crippen LogP contribution in [0.25, 0.3) is 0 Å². The van der Waals surface area contributed by atoms with E-state index in [2.05, 4.69) is 16.2 Å². The van der Waals surface area contributed by atoms with Crippen molar-refractivity contribution in [1.82, 2.24) is 10.3 Å². The Balaban J connectivity index is 2.01. The van der Waals surface area contributed by atoms with Crippen LogP contribution in [0.4, 0.5) is 0 Å². The summed E-state index contributed by atoms with van der Waals surface area (Å²) in [7, 11) is 0.